The van der Waals surface area contributed by atoms with Gasteiger partial charge in [0.05, 0.1) is 7.11 Å². The molecule has 0 spiro atoms. The highest BCUT2D eigenvalue weighted by molar-refractivity contribution is 5.90. The molecule has 5 nitrogen and oxygen atoms in total. The summed E-state index contributed by atoms with van der Waals surface area (Å²) in [5.74, 6) is 0.915. The quantitative estimate of drug-likeness (QED) is 0.891. The van der Waals surface area contributed by atoms with Crippen LogP contribution >= 0.6 is 0 Å². The first-order valence-corrected chi connectivity index (χ1v) is 6.95. The van der Waals surface area contributed by atoms with Gasteiger partial charge in [0.2, 0.25) is 0 Å². The molecule has 1 aliphatic rings. The molecule has 1 heterocycles. The summed E-state index contributed by atoms with van der Waals surface area (Å²) in [6.07, 6.45) is 1.92. The van der Waals surface area contributed by atoms with E-state index in [0.717, 1.165) is 36.4 Å². The average molecular weight is 278 g/mol. The largest absolute Gasteiger partial charge is 0.497 e. The summed E-state index contributed by atoms with van der Waals surface area (Å²) in [5.41, 5.74) is 1.76. The van der Waals surface area contributed by atoms with Crippen molar-refractivity contribution in [1.82, 2.24) is 4.90 Å². The molecule has 110 valence electrons. The minimum absolute atomic E-state index is 0.112. The Labute approximate surface area is 119 Å². The fraction of sp³-hybridized carbons (Fsp3) is 0.533. The van der Waals surface area contributed by atoms with Gasteiger partial charge in [-0.3, -0.25) is 0 Å². The van der Waals surface area contributed by atoms with Gasteiger partial charge in [0.1, 0.15) is 5.75 Å². The predicted molar refractivity (Wildman–Crippen MR) is 78.1 cm³/mol. The Bertz CT molecular complexity index is 476. The number of anilines is 1. The number of carbonyl (C=O) groups excluding carboxylic acids is 1. The third kappa shape index (κ3) is 3.42. The summed E-state index contributed by atoms with van der Waals surface area (Å²) >= 11 is 0. The lowest BCUT2D eigenvalue weighted by atomic mass is 9.99. The molecule has 2 N–H and O–H groups in total. The lowest BCUT2D eigenvalue weighted by molar-refractivity contribution is 0.136. The summed E-state index contributed by atoms with van der Waals surface area (Å²) in [6.45, 7) is 3.44. The van der Waals surface area contributed by atoms with Crippen LogP contribution in [0.15, 0.2) is 18.2 Å². The van der Waals surface area contributed by atoms with Crippen LogP contribution < -0.4 is 10.1 Å². The minimum Gasteiger partial charge on any atom is -0.497 e. The van der Waals surface area contributed by atoms with Crippen molar-refractivity contribution >= 4 is 11.7 Å². The van der Waals surface area contributed by atoms with Crippen molar-refractivity contribution in [1.29, 1.82) is 0 Å². The van der Waals surface area contributed by atoms with Crippen molar-refractivity contribution in [3.05, 3.63) is 23.8 Å². The minimum atomic E-state index is -0.112. The number of rotatable bonds is 3. The molecule has 2 amide bonds. The number of hydrogen-bond acceptors (Lipinski definition) is 3. The monoisotopic (exact) mass is 278 g/mol. The Hall–Kier alpha value is -1.75. The fourth-order valence-electron chi connectivity index (χ4n) is 2.46. The second-order valence-corrected chi connectivity index (χ2v) is 5.25. The van der Waals surface area contributed by atoms with Gasteiger partial charge in [-0.25, -0.2) is 4.79 Å². The molecular formula is C15H22N2O3. The molecule has 0 saturated carbocycles. The van der Waals surface area contributed by atoms with E-state index in [4.69, 9.17) is 4.74 Å². The van der Waals surface area contributed by atoms with Gasteiger partial charge in [-0.05, 0) is 37.3 Å². The standard InChI is InChI=1S/C15H22N2O3/c1-11-5-6-13(20-2)8-14(11)16-15(19)17-7-3-4-12(9-17)10-18/h5-6,8,12,18H,3-4,7,9-10H2,1-2H3,(H,16,19). The number of hydrogen-bond donors (Lipinski definition) is 2. The molecule has 0 bridgehead atoms. The van der Waals surface area contributed by atoms with Crippen LogP contribution in [0.3, 0.4) is 0 Å². The van der Waals surface area contributed by atoms with Crippen LogP contribution in [-0.2, 0) is 0 Å². The molecule has 1 saturated heterocycles. The Morgan fingerprint density at radius 2 is 2.35 bits per heavy atom. The molecule has 0 aliphatic carbocycles. The first-order chi connectivity index (χ1) is 9.63. The van der Waals surface area contributed by atoms with Crippen LogP contribution in [0, 0.1) is 12.8 Å². The first-order valence-electron chi connectivity index (χ1n) is 6.95. The van der Waals surface area contributed by atoms with Crippen LogP contribution in [0.25, 0.3) is 0 Å². The number of benzene rings is 1. The number of aliphatic hydroxyl groups is 1. The van der Waals surface area contributed by atoms with Gasteiger partial charge in [-0.2, -0.15) is 0 Å². The molecule has 5 heteroatoms. The van der Waals surface area contributed by atoms with Crippen LogP contribution in [-0.4, -0.2) is 42.8 Å². The molecule has 1 aromatic rings. The average Bonchev–Trinajstić information content (AvgIpc) is 2.49. The van der Waals surface area contributed by atoms with Crippen molar-refractivity contribution in [2.75, 3.05) is 32.1 Å². The van der Waals surface area contributed by atoms with Gasteiger partial charge in [-0.1, -0.05) is 6.07 Å². The summed E-state index contributed by atoms with van der Waals surface area (Å²) in [6, 6.07) is 5.50. The smallest absolute Gasteiger partial charge is 0.321 e. The number of nitrogens with one attached hydrogen (secondary N) is 1. The highest BCUT2D eigenvalue weighted by Gasteiger charge is 2.23. The molecular weight excluding hydrogens is 256 g/mol. The van der Waals surface area contributed by atoms with Gasteiger partial charge in [-0.15, -0.1) is 0 Å². The maximum Gasteiger partial charge on any atom is 0.321 e. The fourth-order valence-corrected chi connectivity index (χ4v) is 2.46. The molecule has 0 radical (unpaired) electrons. The van der Waals surface area contributed by atoms with E-state index in [2.05, 4.69) is 5.32 Å². The van der Waals surface area contributed by atoms with Gasteiger partial charge in [0.15, 0.2) is 0 Å². The van der Waals surface area contributed by atoms with Crippen molar-refractivity contribution in [3.8, 4) is 5.75 Å². The molecule has 0 aromatic heterocycles. The second-order valence-electron chi connectivity index (χ2n) is 5.25. The van der Waals surface area contributed by atoms with Gasteiger partial charge < -0.3 is 20.1 Å². The van der Waals surface area contributed by atoms with Gasteiger partial charge >= 0.3 is 6.03 Å². The topological polar surface area (TPSA) is 61.8 Å². The number of methoxy groups -OCH3 is 1. The van der Waals surface area contributed by atoms with Crippen LogP contribution in [0.2, 0.25) is 0 Å². The van der Waals surface area contributed by atoms with E-state index in [9.17, 15) is 9.90 Å². The molecule has 20 heavy (non-hydrogen) atoms. The van der Waals surface area contributed by atoms with E-state index >= 15 is 0 Å². The van der Waals surface area contributed by atoms with E-state index < -0.39 is 0 Å². The summed E-state index contributed by atoms with van der Waals surface area (Å²) in [7, 11) is 1.60. The summed E-state index contributed by atoms with van der Waals surface area (Å²) < 4.78 is 5.17. The number of carbonyl (C=O) groups is 1. The number of urea groups is 1. The van der Waals surface area contributed by atoms with Crippen molar-refractivity contribution in [3.63, 3.8) is 0 Å². The lowest BCUT2D eigenvalue weighted by Gasteiger charge is -2.32. The lowest BCUT2D eigenvalue weighted by Crippen LogP contribution is -2.43. The van der Waals surface area contributed by atoms with E-state index in [1.54, 1.807) is 12.0 Å². The highest BCUT2D eigenvalue weighted by atomic mass is 16.5. The maximum absolute atomic E-state index is 12.3. The summed E-state index contributed by atoms with van der Waals surface area (Å²) in [5, 5.41) is 12.1. The van der Waals surface area contributed by atoms with Gasteiger partial charge in [0.25, 0.3) is 0 Å². The second kappa shape index (κ2) is 6.61. The first kappa shape index (κ1) is 14.7. The Morgan fingerprint density at radius 1 is 1.55 bits per heavy atom. The normalized spacial score (nSPS) is 18.8. The number of nitrogens with zero attached hydrogens (tertiary/aromatic N) is 1. The van der Waals surface area contributed by atoms with E-state index in [-0.39, 0.29) is 18.6 Å². The van der Waals surface area contributed by atoms with Crippen LogP contribution in [0.4, 0.5) is 10.5 Å². The third-order valence-corrected chi connectivity index (χ3v) is 3.75. The molecule has 1 atom stereocenters. The Balaban J connectivity index is 2.03. The van der Waals surface area contributed by atoms with Crippen molar-refractivity contribution in [2.24, 2.45) is 5.92 Å². The van der Waals surface area contributed by atoms with Crippen molar-refractivity contribution in [2.45, 2.75) is 19.8 Å². The highest BCUT2D eigenvalue weighted by Crippen LogP contribution is 2.23. The summed E-state index contributed by atoms with van der Waals surface area (Å²) in [4.78, 5) is 14.0. The molecule has 2 rings (SSSR count). The van der Waals surface area contributed by atoms with Crippen LogP contribution in [0.5, 0.6) is 5.75 Å². The number of aliphatic hydroxyl groups excluding tert-OH is 1. The zero-order valence-electron chi connectivity index (χ0n) is 12.1. The van der Waals surface area contributed by atoms with Crippen LogP contribution in [0.1, 0.15) is 18.4 Å². The van der Waals surface area contributed by atoms with E-state index in [1.807, 2.05) is 25.1 Å². The number of amides is 2. The maximum atomic E-state index is 12.3. The molecule has 1 aliphatic heterocycles. The SMILES string of the molecule is COc1ccc(C)c(NC(=O)N2CCCC(CO)C2)c1. The number of ether oxygens (including phenoxy) is 1. The molecule has 1 unspecified atom stereocenters. The molecule has 1 fully saturated rings. The van der Waals surface area contributed by atoms with Crippen molar-refractivity contribution < 1.29 is 14.6 Å². The molecule has 1 aromatic carbocycles. The third-order valence-electron chi connectivity index (χ3n) is 3.75. The number of aryl methyl sites for hydroxylation is 1. The predicted octanol–water partition coefficient (Wildman–Crippen LogP) is 2.24. The van der Waals surface area contributed by atoms with E-state index in [1.165, 1.54) is 0 Å². The zero-order valence-corrected chi connectivity index (χ0v) is 12.1. The Morgan fingerprint density at radius 3 is 3.05 bits per heavy atom. The number of likely N-dealkylation sites (tertiary alicyclic amines) is 1. The Kier molecular flexibility index (Phi) is 4.84. The zero-order chi connectivity index (χ0) is 14.5. The number of piperidine rings is 1. The van der Waals surface area contributed by atoms with E-state index in [0.29, 0.717) is 6.54 Å². The van der Waals surface area contributed by atoms with Gasteiger partial charge in [0, 0.05) is 31.5 Å².